The largest absolute Gasteiger partial charge is 0.493 e. The molecule has 2 aromatic carbocycles. The molecule has 0 spiro atoms. The molecule has 0 fully saturated rings. The number of aromatic nitrogens is 4. The summed E-state index contributed by atoms with van der Waals surface area (Å²) >= 11 is 0. The van der Waals surface area contributed by atoms with E-state index in [1.165, 1.54) is 0 Å². The quantitative estimate of drug-likeness (QED) is 0.516. The number of fused-ring (bicyclic) bond motifs is 1. The minimum Gasteiger partial charge on any atom is -0.493 e. The highest BCUT2D eigenvalue weighted by Crippen LogP contribution is 2.35. The fourth-order valence-electron chi connectivity index (χ4n) is 3.83. The van der Waals surface area contributed by atoms with E-state index in [2.05, 4.69) is 21.0 Å². The standard InChI is InChI=1S/C23H25N5O3/c1-14-19-17(12-18(30-4)20(14)31-5)25-23(26-22(19)29)28(3)13-15-7-6-8-16(11-15)21-24-9-10-27(21)2/h6-12H,13H2,1-5H3,(H,25,26,29). The molecule has 0 unspecified atom stereocenters. The van der Waals surface area contributed by atoms with E-state index in [4.69, 9.17) is 9.47 Å². The Morgan fingerprint density at radius 3 is 2.68 bits per heavy atom. The van der Waals surface area contributed by atoms with E-state index in [1.54, 1.807) is 26.5 Å². The van der Waals surface area contributed by atoms with Gasteiger partial charge in [0, 0.05) is 50.2 Å². The second-order valence-corrected chi connectivity index (χ2v) is 7.44. The van der Waals surface area contributed by atoms with Crippen molar-refractivity contribution in [2.45, 2.75) is 13.5 Å². The molecule has 2 heterocycles. The van der Waals surface area contributed by atoms with E-state index >= 15 is 0 Å². The lowest BCUT2D eigenvalue weighted by Crippen LogP contribution is -2.23. The Morgan fingerprint density at radius 2 is 2.00 bits per heavy atom. The van der Waals surface area contributed by atoms with Crippen LogP contribution in [0.5, 0.6) is 11.5 Å². The van der Waals surface area contributed by atoms with Crippen molar-refractivity contribution in [3.63, 3.8) is 0 Å². The number of rotatable bonds is 6. The molecule has 2 aromatic heterocycles. The van der Waals surface area contributed by atoms with Gasteiger partial charge < -0.3 is 23.9 Å². The van der Waals surface area contributed by atoms with E-state index < -0.39 is 0 Å². The molecule has 0 saturated carbocycles. The maximum absolute atomic E-state index is 12.8. The summed E-state index contributed by atoms with van der Waals surface area (Å²) in [5.74, 6) is 2.48. The Balaban J connectivity index is 1.69. The predicted molar refractivity (Wildman–Crippen MR) is 121 cm³/mol. The van der Waals surface area contributed by atoms with Gasteiger partial charge in [0.05, 0.1) is 25.1 Å². The van der Waals surface area contributed by atoms with Crippen molar-refractivity contribution in [1.82, 2.24) is 19.5 Å². The average Bonchev–Trinajstić information content (AvgIpc) is 3.19. The van der Waals surface area contributed by atoms with Crippen LogP contribution in [0.4, 0.5) is 5.95 Å². The van der Waals surface area contributed by atoms with E-state index in [0.29, 0.717) is 40.5 Å². The van der Waals surface area contributed by atoms with Crippen LogP contribution in [-0.4, -0.2) is 40.8 Å². The zero-order valence-corrected chi connectivity index (χ0v) is 18.3. The molecule has 4 aromatic rings. The molecule has 0 aliphatic heterocycles. The van der Waals surface area contributed by atoms with Crippen molar-refractivity contribution in [2.75, 3.05) is 26.2 Å². The first-order valence-corrected chi connectivity index (χ1v) is 9.86. The molecular formula is C23H25N5O3. The zero-order valence-electron chi connectivity index (χ0n) is 18.3. The molecule has 0 aliphatic carbocycles. The highest BCUT2D eigenvalue weighted by Gasteiger charge is 2.17. The maximum Gasteiger partial charge on any atom is 0.282 e. The first kappa shape index (κ1) is 20.5. The number of hydrogen-bond donors (Lipinski definition) is 1. The van der Waals surface area contributed by atoms with Crippen LogP contribution in [0.3, 0.4) is 0 Å². The number of ether oxygens (including phenoxy) is 2. The Labute approximate surface area is 180 Å². The molecule has 1 N–H and O–H groups in total. The Hall–Kier alpha value is -3.81. The van der Waals surface area contributed by atoms with E-state index in [9.17, 15) is 4.79 Å². The summed E-state index contributed by atoms with van der Waals surface area (Å²) in [6.07, 6.45) is 3.70. The number of aromatic amines is 1. The molecule has 160 valence electrons. The van der Waals surface area contributed by atoms with Crippen molar-refractivity contribution in [1.29, 1.82) is 0 Å². The third kappa shape index (κ3) is 3.72. The van der Waals surface area contributed by atoms with Gasteiger partial charge in [0.25, 0.3) is 5.56 Å². The van der Waals surface area contributed by atoms with Gasteiger partial charge in [-0.3, -0.25) is 4.79 Å². The van der Waals surface area contributed by atoms with Crippen LogP contribution >= 0.6 is 0 Å². The van der Waals surface area contributed by atoms with Crippen molar-refractivity contribution >= 4 is 16.9 Å². The number of imidazole rings is 1. The van der Waals surface area contributed by atoms with Crippen molar-refractivity contribution in [3.8, 4) is 22.9 Å². The molecule has 0 radical (unpaired) electrons. The van der Waals surface area contributed by atoms with Crippen molar-refractivity contribution in [2.24, 2.45) is 7.05 Å². The molecule has 8 heteroatoms. The summed E-state index contributed by atoms with van der Waals surface area (Å²) in [5.41, 5.74) is 3.15. The third-order valence-corrected chi connectivity index (χ3v) is 5.36. The van der Waals surface area contributed by atoms with E-state index in [1.807, 2.05) is 54.9 Å². The van der Waals surface area contributed by atoms with Crippen molar-refractivity contribution in [3.05, 3.63) is 64.2 Å². The lowest BCUT2D eigenvalue weighted by atomic mass is 10.1. The van der Waals surface area contributed by atoms with Crippen molar-refractivity contribution < 1.29 is 9.47 Å². The SMILES string of the molecule is COc1cc2[nH]c(N(C)Cc3cccc(-c4nccn4C)c3)nc(=O)c2c(C)c1OC. The Morgan fingerprint density at radius 1 is 1.19 bits per heavy atom. The average molecular weight is 419 g/mol. The fourth-order valence-corrected chi connectivity index (χ4v) is 3.83. The number of benzene rings is 2. The van der Waals surface area contributed by atoms with Gasteiger partial charge in [-0.05, 0) is 18.6 Å². The van der Waals surface area contributed by atoms with Crippen LogP contribution in [0.2, 0.25) is 0 Å². The summed E-state index contributed by atoms with van der Waals surface area (Å²) in [5, 5.41) is 0.492. The van der Waals surface area contributed by atoms with Crippen LogP contribution in [-0.2, 0) is 13.6 Å². The first-order valence-electron chi connectivity index (χ1n) is 9.86. The number of hydrogen-bond acceptors (Lipinski definition) is 6. The second kappa shape index (κ2) is 8.14. The summed E-state index contributed by atoms with van der Waals surface area (Å²) < 4.78 is 12.8. The third-order valence-electron chi connectivity index (χ3n) is 5.36. The van der Waals surface area contributed by atoms with Gasteiger partial charge in [-0.2, -0.15) is 4.98 Å². The lowest BCUT2D eigenvalue weighted by Gasteiger charge is -2.19. The lowest BCUT2D eigenvalue weighted by molar-refractivity contribution is 0.354. The van der Waals surface area contributed by atoms with E-state index in [-0.39, 0.29) is 5.56 Å². The maximum atomic E-state index is 12.8. The number of anilines is 1. The monoisotopic (exact) mass is 419 g/mol. The van der Waals surface area contributed by atoms with Gasteiger partial charge in [0.15, 0.2) is 11.5 Å². The van der Waals surface area contributed by atoms with Crippen LogP contribution in [0.25, 0.3) is 22.3 Å². The Kier molecular flexibility index (Phi) is 5.37. The zero-order chi connectivity index (χ0) is 22.1. The predicted octanol–water partition coefficient (Wildman–Crippen LogP) is 3.29. The van der Waals surface area contributed by atoms with Crippen LogP contribution < -0.4 is 19.9 Å². The van der Waals surface area contributed by atoms with Gasteiger partial charge in [-0.25, -0.2) is 4.98 Å². The van der Waals surface area contributed by atoms with Gasteiger partial charge in [0.1, 0.15) is 5.82 Å². The molecule has 0 aliphatic rings. The van der Waals surface area contributed by atoms with Gasteiger partial charge in [-0.15, -0.1) is 0 Å². The number of methoxy groups -OCH3 is 2. The molecule has 0 saturated heterocycles. The van der Waals surface area contributed by atoms with Crippen LogP contribution in [0, 0.1) is 6.92 Å². The minimum atomic E-state index is -0.309. The normalized spacial score (nSPS) is 11.0. The second-order valence-electron chi connectivity index (χ2n) is 7.44. The summed E-state index contributed by atoms with van der Waals surface area (Å²) in [6, 6.07) is 9.94. The van der Waals surface area contributed by atoms with Crippen LogP contribution in [0.1, 0.15) is 11.1 Å². The minimum absolute atomic E-state index is 0.309. The molecular weight excluding hydrogens is 394 g/mol. The van der Waals surface area contributed by atoms with E-state index in [0.717, 1.165) is 17.0 Å². The Bertz CT molecular complexity index is 1310. The first-order chi connectivity index (χ1) is 14.9. The highest BCUT2D eigenvalue weighted by atomic mass is 16.5. The molecule has 8 nitrogen and oxygen atoms in total. The summed E-state index contributed by atoms with van der Waals surface area (Å²) in [7, 11) is 6.99. The summed E-state index contributed by atoms with van der Waals surface area (Å²) in [4.78, 5) is 26.7. The molecule has 31 heavy (non-hydrogen) atoms. The number of H-pyrrole nitrogens is 1. The van der Waals surface area contributed by atoms with Crippen LogP contribution in [0.15, 0.2) is 47.5 Å². The van der Waals surface area contributed by atoms with Gasteiger partial charge in [-0.1, -0.05) is 18.2 Å². The van der Waals surface area contributed by atoms with Gasteiger partial charge in [0.2, 0.25) is 5.95 Å². The molecule has 0 atom stereocenters. The molecule has 0 bridgehead atoms. The number of nitrogens with one attached hydrogen (secondary N) is 1. The topological polar surface area (TPSA) is 85.3 Å². The number of nitrogens with zero attached hydrogens (tertiary/aromatic N) is 4. The summed E-state index contributed by atoms with van der Waals surface area (Å²) in [6.45, 7) is 2.39. The van der Waals surface area contributed by atoms with Gasteiger partial charge >= 0.3 is 0 Å². The molecule has 0 amide bonds. The smallest absolute Gasteiger partial charge is 0.282 e. The highest BCUT2D eigenvalue weighted by molar-refractivity contribution is 5.86. The number of aryl methyl sites for hydroxylation is 2. The molecule has 4 rings (SSSR count). The fraction of sp³-hybridized carbons (Fsp3) is 0.261.